The zero-order valence-corrected chi connectivity index (χ0v) is 10.3. The zero-order chi connectivity index (χ0) is 12.3. The lowest BCUT2D eigenvalue weighted by Gasteiger charge is -2.12. The Labute approximate surface area is 98.1 Å². The summed E-state index contributed by atoms with van der Waals surface area (Å²) in [5.74, 6) is -0.0263. The number of carbonyl (C=O) groups excluding carboxylic acids is 1. The highest BCUT2D eigenvalue weighted by atomic mass is 32.1. The first-order chi connectivity index (χ1) is 7.30. The maximum absolute atomic E-state index is 10.6. The number of primary amides is 1. The van der Waals surface area contributed by atoms with Crippen LogP contribution in [0.1, 0.15) is 26.6 Å². The van der Waals surface area contributed by atoms with Gasteiger partial charge in [0.1, 0.15) is 11.9 Å². The van der Waals surface area contributed by atoms with Gasteiger partial charge < -0.3 is 16.2 Å². The van der Waals surface area contributed by atoms with Crippen LogP contribution in [0.5, 0.6) is 0 Å². The Balaban J connectivity index is 2.57. The van der Waals surface area contributed by atoms with Gasteiger partial charge in [-0.2, -0.15) is 4.37 Å². The molecule has 0 saturated heterocycles. The SMILES string of the molecule is CC(C)(C)c1nsc(NCC(O)C(N)=O)n1. The highest BCUT2D eigenvalue weighted by Gasteiger charge is 2.20. The van der Waals surface area contributed by atoms with E-state index in [0.717, 1.165) is 5.82 Å². The van der Waals surface area contributed by atoms with Crippen molar-refractivity contribution >= 4 is 22.6 Å². The monoisotopic (exact) mass is 244 g/mol. The predicted octanol–water partition coefficient (Wildman–Crippen LogP) is 0.0937. The molecule has 1 atom stereocenters. The lowest BCUT2D eigenvalue weighted by Crippen LogP contribution is -2.34. The Morgan fingerprint density at radius 1 is 1.62 bits per heavy atom. The van der Waals surface area contributed by atoms with Gasteiger partial charge in [0.15, 0.2) is 0 Å². The van der Waals surface area contributed by atoms with Gasteiger partial charge >= 0.3 is 0 Å². The van der Waals surface area contributed by atoms with Crippen molar-refractivity contribution in [3.63, 3.8) is 0 Å². The Kier molecular flexibility index (Phi) is 3.82. The molecular formula is C9H16N4O2S. The average molecular weight is 244 g/mol. The standard InChI is InChI=1S/C9H16N4O2S/c1-9(2,3)7-12-8(16-13-7)11-4-5(14)6(10)15/h5,14H,4H2,1-3H3,(H2,10,15)(H,11,12,13). The van der Waals surface area contributed by atoms with Gasteiger partial charge in [0.05, 0.1) is 6.54 Å². The van der Waals surface area contributed by atoms with Crippen LogP contribution in [0.3, 0.4) is 0 Å². The van der Waals surface area contributed by atoms with Crippen molar-refractivity contribution in [1.82, 2.24) is 9.36 Å². The minimum absolute atomic E-state index is 0.0497. The molecule has 1 aromatic rings. The number of hydrogen-bond donors (Lipinski definition) is 3. The van der Waals surface area contributed by atoms with Gasteiger partial charge in [0.2, 0.25) is 11.0 Å². The number of hydrogen-bond acceptors (Lipinski definition) is 6. The summed E-state index contributed by atoms with van der Waals surface area (Å²) in [6, 6.07) is 0. The van der Waals surface area contributed by atoms with E-state index in [0.29, 0.717) is 5.13 Å². The summed E-state index contributed by atoms with van der Waals surface area (Å²) in [4.78, 5) is 14.8. The normalized spacial score (nSPS) is 13.5. The van der Waals surface area contributed by atoms with Gasteiger partial charge in [-0.3, -0.25) is 4.79 Å². The number of nitrogens with one attached hydrogen (secondary N) is 1. The van der Waals surface area contributed by atoms with Gasteiger partial charge in [-0.1, -0.05) is 20.8 Å². The molecule has 0 bridgehead atoms. The molecule has 0 aromatic carbocycles. The molecule has 7 heteroatoms. The zero-order valence-electron chi connectivity index (χ0n) is 9.52. The highest BCUT2D eigenvalue weighted by Crippen LogP contribution is 2.22. The molecule has 0 aliphatic rings. The third kappa shape index (κ3) is 3.42. The smallest absolute Gasteiger partial charge is 0.248 e. The Morgan fingerprint density at radius 3 is 2.69 bits per heavy atom. The van der Waals surface area contributed by atoms with Crippen LogP contribution in [-0.2, 0) is 10.2 Å². The van der Waals surface area contributed by atoms with Crippen LogP contribution in [0.2, 0.25) is 0 Å². The number of aliphatic hydroxyl groups excluding tert-OH is 1. The van der Waals surface area contributed by atoms with Crippen LogP contribution in [0, 0.1) is 0 Å². The fourth-order valence-electron chi connectivity index (χ4n) is 0.884. The molecule has 1 amide bonds. The number of nitrogens with two attached hydrogens (primary N) is 1. The topological polar surface area (TPSA) is 101 Å². The molecule has 0 spiro atoms. The Morgan fingerprint density at radius 2 is 2.25 bits per heavy atom. The molecule has 1 unspecified atom stereocenters. The summed E-state index contributed by atoms with van der Waals surface area (Å²) >= 11 is 1.19. The van der Waals surface area contributed by atoms with Crippen molar-refractivity contribution in [2.45, 2.75) is 32.3 Å². The van der Waals surface area contributed by atoms with Crippen molar-refractivity contribution in [1.29, 1.82) is 0 Å². The quantitative estimate of drug-likeness (QED) is 0.697. The van der Waals surface area contributed by atoms with E-state index in [-0.39, 0.29) is 12.0 Å². The third-order valence-corrected chi connectivity index (χ3v) is 2.54. The Hall–Kier alpha value is -1.21. The number of carbonyl (C=O) groups is 1. The number of amides is 1. The fraction of sp³-hybridized carbons (Fsp3) is 0.667. The second-order valence-corrected chi connectivity index (χ2v) is 5.22. The van der Waals surface area contributed by atoms with Crippen molar-refractivity contribution in [2.24, 2.45) is 5.73 Å². The molecule has 1 aromatic heterocycles. The van der Waals surface area contributed by atoms with E-state index < -0.39 is 12.0 Å². The van der Waals surface area contributed by atoms with Gasteiger partial charge in [0, 0.05) is 16.9 Å². The molecule has 0 aliphatic heterocycles. The van der Waals surface area contributed by atoms with Crippen molar-refractivity contribution in [3.8, 4) is 0 Å². The fourth-order valence-corrected chi connectivity index (χ4v) is 1.65. The van der Waals surface area contributed by atoms with Gasteiger partial charge in [-0.25, -0.2) is 4.98 Å². The van der Waals surface area contributed by atoms with Crippen molar-refractivity contribution in [3.05, 3.63) is 5.82 Å². The summed E-state index contributed by atoms with van der Waals surface area (Å²) < 4.78 is 4.18. The first kappa shape index (κ1) is 12.9. The molecule has 16 heavy (non-hydrogen) atoms. The van der Waals surface area contributed by atoms with E-state index in [1.165, 1.54) is 11.5 Å². The van der Waals surface area contributed by atoms with Crippen LogP contribution >= 0.6 is 11.5 Å². The first-order valence-corrected chi connectivity index (χ1v) is 5.63. The van der Waals surface area contributed by atoms with Crippen molar-refractivity contribution in [2.75, 3.05) is 11.9 Å². The molecule has 1 heterocycles. The Bertz CT molecular complexity index is 372. The van der Waals surface area contributed by atoms with Gasteiger partial charge in [-0.15, -0.1) is 0 Å². The average Bonchev–Trinajstić information content (AvgIpc) is 2.61. The molecule has 1 rings (SSSR count). The first-order valence-electron chi connectivity index (χ1n) is 4.86. The molecule has 90 valence electrons. The van der Waals surface area contributed by atoms with E-state index >= 15 is 0 Å². The number of aliphatic hydroxyl groups is 1. The second kappa shape index (κ2) is 4.75. The lowest BCUT2D eigenvalue weighted by molar-refractivity contribution is -0.125. The third-order valence-electron chi connectivity index (χ3n) is 1.87. The predicted molar refractivity (Wildman–Crippen MR) is 62.3 cm³/mol. The summed E-state index contributed by atoms with van der Waals surface area (Å²) in [7, 11) is 0. The van der Waals surface area contributed by atoms with E-state index in [1.807, 2.05) is 20.8 Å². The minimum Gasteiger partial charge on any atom is -0.381 e. The van der Waals surface area contributed by atoms with E-state index in [2.05, 4.69) is 14.7 Å². The maximum atomic E-state index is 10.6. The molecular weight excluding hydrogens is 228 g/mol. The summed E-state index contributed by atoms with van der Waals surface area (Å²) in [5.41, 5.74) is 4.80. The van der Waals surface area contributed by atoms with E-state index in [1.54, 1.807) is 0 Å². The lowest BCUT2D eigenvalue weighted by atomic mass is 9.96. The van der Waals surface area contributed by atoms with Gasteiger partial charge in [0.25, 0.3) is 0 Å². The second-order valence-electron chi connectivity index (χ2n) is 4.47. The number of anilines is 1. The summed E-state index contributed by atoms with van der Waals surface area (Å²) in [6.45, 7) is 6.08. The summed E-state index contributed by atoms with van der Waals surface area (Å²) in [6.07, 6.45) is -1.21. The molecule has 0 saturated carbocycles. The van der Waals surface area contributed by atoms with Crippen LogP contribution < -0.4 is 11.1 Å². The largest absolute Gasteiger partial charge is 0.381 e. The minimum atomic E-state index is -1.21. The van der Waals surface area contributed by atoms with Crippen LogP contribution in [0.25, 0.3) is 0 Å². The van der Waals surface area contributed by atoms with E-state index in [9.17, 15) is 9.90 Å². The number of aromatic nitrogens is 2. The summed E-state index contributed by atoms with van der Waals surface area (Å²) in [5, 5.41) is 12.6. The van der Waals surface area contributed by atoms with Crippen LogP contribution in [0.4, 0.5) is 5.13 Å². The molecule has 0 radical (unpaired) electrons. The molecule has 6 nitrogen and oxygen atoms in total. The van der Waals surface area contributed by atoms with Crippen LogP contribution in [-0.4, -0.2) is 33.0 Å². The highest BCUT2D eigenvalue weighted by molar-refractivity contribution is 7.09. The van der Waals surface area contributed by atoms with Crippen LogP contribution in [0.15, 0.2) is 0 Å². The van der Waals surface area contributed by atoms with Crippen molar-refractivity contribution < 1.29 is 9.90 Å². The van der Waals surface area contributed by atoms with Gasteiger partial charge in [-0.05, 0) is 0 Å². The molecule has 4 N–H and O–H groups in total. The molecule has 0 fully saturated rings. The van der Waals surface area contributed by atoms with E-state index in [4.69, 9.17) is 5.73 Å². The maximum Gasteiger partial charge on any atom is 0.248 e. The number of nitrogens with zero attached hydrogens (tertiary/aromatic N) is 2. The molecule has 0 aliphatic carbocycles. The number of rotatable bonds is 4.